The van der Waals surface area contributed by atoms with Gasteiger partial charge in [-0.2, -0.15) is 4.98 Å². The summed E-state index contributed by atoms with van der Waals surface area (Å²) in [4.78, 5) is 16.0. The Morgan fingerprint density at radius 1 is 1.23 bits per heavy atom. The van der Waals surface area contributed by atoms with E-state index >= 15 is 0 Å². The molecule has 6 nitrogen and oxygen atoms in total. The Labute approximate surface area is 129 Å². The lowest BCUT2D eigenvalue weighted by molar-refractivity contribution is -0.150. The van der Waals surface area contributed by atoms with Gasteiger partial charge in [-0.05, 0) is 37.1 Å². The van der Waals surface area contributed by atoms with E-state index in [0.717, 1.165) is 24.2 Å². The standard InChI is InChI=1S/C16H20N2O4/c1-4-11(5-2)16(19)21-10-14-17-15(22-18-14)12-6-8-13(20-3)9-7-12/h6-9,11H,4-5,10H2,1-3H3. The van der Waals surface area contributed by atoms with Gasteiger partial charge in [0.25, 0.3) is 5.89 Å². The van der Waals surface area contributed by atoms with E-state index in [4.69, 9.17) is 14.0 Å². The molecule has 0 N–H and O–H groups in total. The van der Waals surface area contributed by atoms with Crippen LogP contribution in [0, 0.1) is 5.92 Å². The molecule has 0 fully saturated rings. The van der Waals surface area contributed by atoms with Crippen molar-refractivity contribution in [1.29, 1.82) is 0 Å². The number of hydrogen-bond donors (Lipinski definition) is 0. The second-order valence-corrected chi connectivity index (χ2v) is 4.87. The maximum absolute atomic E-state index is 11.8. The van der Waals surface area contributed by atoms with Crippen LogP contribution in [-0.4, -0.2) is 23.2 Å². The largest absolute Gasteiger partial charge is 0.497 e. The first-order valence-electron chi connectivity index (χ1n) is 7.31. The Hall–Kier alpha value is -2.37. The molecule has 0 aliphatic carbocycles. The summed E-state index contributed by atoms with van der Waals surface area (Å²) in [5, 5.41) is 3.82. The Morgan fingerprint density at radius 3 is 2.50 bits per heavy atom. The van der Waals surface area contributed by atoms with E-state index in [1.807, 2.05) is 38.1 Å². The predicted octanol–water partition coefficient (Wildman–Crippen LogP) is 3.22. The van der Waals surface area contributed by atoms with Gasteiger partial charge in [0, 0.05) is 5.56 Å². The van der Waals surface area contributed by atoms with Crippen LogP contribution in [0.4, 0.5) is 0 Å². The van der Waals surface area contributed by atoms with Crippen molar-refractivity contribution in [3.63, 3.8) is 0 Å². The predicted molar refractivity (Wildman–Crippen MR) is 80.2 cm³/mol. The molecule has 0 aliphatic heterocycles. The van der Waals surface area contributed by atoms with E-state index in [0.29, 0.717) is 11.7 Å². The number of esters is 1. The van der Waals surface area contributed by atoms with Gasteiger partial charge in [0.15, 0.2) is 6.61 Å². The highest BCUT2D eigenvalue weighted by Gasteiger charge is 2.17. The number of methoxy groups -OCH3 is 1. The van der Waals surface area contributed by atoms with Gasteiger partial charge in [0.1, 0.15) is 5.75 Å². The molecular weight excluding hydrogens is 284 g/mol. The summed E-state index contributed by atoms with van der Waals surface area (Å²) < 4.78 is 15.5. The zero-order valence-electron chi connectivity index (χ0n) is 13.0. The molecule has 1 aromatic carbocycles. The molecule has 1 heterocycles. The smallest absolute Gasteiger partial charge is 0.309 e. The van der Waals surface area contributed by atoms with Crippen LogP contribution in [-0.2, 0) is 16.1 Å². The molecule has 118 valence electrons. The lowest BCUT2D eigenvalue weighted by atomic mass is 10.0. The van der Waals surface area contributed by atoms with Crippen molar-refractivity contribution in [2.75, 3.05) is 7.11 Å². The van der Waals surface area contributed by atoms with Gasteiger partial charge in [-0.15, -0.1) is 0 Å². The molecule has 0 saturated carbocycles. The van der Waals surface area contributed by atoms with Crippen LogP contribution in [0.25, 0.3) is 11.5 Å². The average Bonchev–Trinajstić information content (AvgIpc) is 3.03. The molecule has 0 atom stereocenters. The van der Waals surface area contributed by atoms with Gasteiger partial charge in [-0.25, -0.2) is 0 Å². The second kappa shape index (κ2) is 7.59. The van der Waals surface area contributed by atoms with Crippen molar-refractivity contribution >= 4 is 5.97 Å². The van der Waals surface area contributed by atoms with Gasteiger partial charge in [-0.1, -0.05) is 19.0 Å². The fourth-order valence-electron chi connectivity index (χ4n) is 2.04. The first-order valence-corrected chi connectivity index (χ1v) is 7.31. The van der Waals surface area contributed by atoms with Crippen molar-refractivity contribution in [2.24, 2.45) is 5.92 Å². The number of aromatic nitrogens is 2. The Bertz CT molecular complexity index is 603. The normalized spacial score (nSPS) is 10.7. The number of nitrogens with zero attached hydrogens (tertiary/aromatic N) is 2. The second-order valence-electron chi connectivity index (χ2n) is 4.87. The summed E-state index contributed by atoms with van der Waals surface area (Å²) in [6, 6.07) is 7.28. The SMILES string of the molecule is CCC(CC)C(=O)OCc1noc(-c2ccc(OC)cc2)n1. The van der Waals surface area contributed by atoms with Gasteiger partial charge in [0.2, 0.25) is 5.82 Å². The van der Waals surface area contributed by atoms with E-state index in [9.17, 15) is 4.79 Å². The van der Waals surface area contributed by atoms with Gasteiger partial charge in [-0.3, -0.25) is 4.79 Å². The average molecular weight is 304 g/mol. The minimum absolute atomic E-state index is 0.0228. The number of hydrogen-bond acceptors (Lipinski definition) is 6. The Morgan fingerprint density at radius 2 is 1.91 bits per heavy atom. The van der Waals surface area contributed by atoms with Crippen LogP contribution < -0.4 is 4.74 Å². The maximum atomic E-state index is 11.8. The van der Waals surface area contributed by atoms with Crippen LogP contribution in [0.1, 0.15) is 32.5 Å². The highest BCUT2D eigenvalue weighted by molar-refractivity contribution is 5.72. The summed E-state index contributed by atoms with van der Waals surface area (Å²) >= 11 is 0. The number of rotatable bonds is 7. The molecule has 0 spiro atoms. The fourth-order valence-corrected chi connectivity index (χ4v) is 2.04. The third-order valence-electron chi connectivity index (χ3n) is 3.47. The van der Waals surface area contributed by atoms with Crippen molar-refractivity contribution in [1.82, 2.24) is 10.1 Å². The lowest BCUT2D eigenvalue weighted by Gasteiger charge is -2.10. The zero-order valence-corrected chi connectivity index (χ0v) is 13.0. The molecule has 0 bridgehead atoms. The molecule has 0 unspecified atom stereocenters. The van der Waals surface area contributed by atoms with E-state index in [-0.39, 0.29) is 18.5 Å². The number of carbonyl (C=O) groups is 1. The molecule has 0 aliphatic rings. The molecular formula is C16H20N2O4. The quantitative estimate of drug-likeness (QED) is 0.731. The van der Waals surface area contributed by atoms with Crippen LogP contribution in [0.5, 0.6) is 5.75 Å². The number of benzene rings is 1. The molecule has 1 aromatic heterocycles. The molecule has 6 heteroatoms. The van der Waals surface area contributed by atoms with Crippen molar-refractivity contribution in [3.05, 3.63) is 30.1 Å². The van der Waals surface area contributed by atoms with Crippen LogP contribution >= 0.6 is 0 Å². The van der Waals surface area contributed by atoms with Gasteiger partial charge < -0.3 is 14.0 Å². The molecule has 2 aromatic rings. The third kappa shape index (κ3) is 3.84. The number of ether oxygens (including phenoxy) is 2. The maximum Gasteiger partial charge on any atom is 0.309 e. The third-order valence-corrected chi connectivity index (χ3v) is 3.47. The zero-order chi connectivity index (χ0) is 15.9. The van der Waals surface area contributed by atoms with E-state index < -0.39 is 0 Å². The van der Waals surface area contributed by atoms with Crippen molar-refractivity contribution < 1.29 is 18.8 Å². The number of carbonyl (C=O) groups excluding carboxylic acids is 1. The first-order chi connectivity index (χ1) is 10.7. The van der Waals surface area contributed by atoms with Gasteiger partial charge >= 0.3 is 5.97 Å². The Balaban J connectivity index is 1.97. The Kier molecular flexibility index (Phi) is 5.52. The van der Waals surface area contributed by atoms with Crippen LogP contribution in [0.2, 0.25) is 0 Å². The van der Waals surface area contributed by atoms with E-state index in [2.05, 4.69) is 10.1 Å². The summed E-state index contributed by atoms with van der Waals surface area (Å²) in [5.41, 5.74) is 0.783. The molecule has 0 amide bonds. The van der Waals surface area contributed by atoms with Crippen molar-refractivity contribution in [3.8, 4) is 17.2 Å². The van der Waals surface area contributed by atoms with Crippen LogP contribution in [0.15, 0.2) is 28.8 Å². The summed E-state index contributed by atoms with van der Waals surface area (Å²) in [6.07, 6.45) is 1.53. The van der Waals surface area contributed by atoms with E-state index in [1.54, 1.807) is 7.11 Å². The molecule has 0 radical (unpaired) electrons. The van der Waals surface area contributed by atoms with Crippen molar-refractivity contribution in [2.45, 2.75) is 33.3 Å². The monoisotopic (exact) mass is 304 g/mol. The van der Waals surface area contributed by atoms with Gasteiger partial charge in [0.05, 0.1) is 13.0 Å². The fraction of sp³-hybridized carbons (Fsp3) is 0.438. The summed E-state index contributed by atoms with van der Waals surface area (Å²) in [6.45, 7) is 3.95. The highest BCUT2D eigenvalue weighted by atomic mass is 16.5. The lowest BCUT2D eigenvalue weighted by Crippen LogP contribution is -2.16. The minimum Gasteiger partial charge on any atom is -0.497 e. The molecule has 2 rings (SSSR count). The topological polar surface area (TPSA) is 74.5 Å². The summed E-state index contributed by atoms with van der Waals surface area (Å²) in [5.74, 6) is 1.19. The minimum atomic E-state index is -0.221. The molecule has 0 saturated heterocycles. The first kappa shape index (κ1) is 16.0. The van der Waals surface area contributed by atoms with E-state index in [1.165, 1.54) is 0 Å². The highest BCUT2D eigenvalue weighted by Crippen LogP contribution is 2.21. The summed E-state index contributed by atoms with van der Waals surface area (Å²) in [7, 11) is 1.61. The van der Waals surface area contributed by atoms with Crippen LogP contribution in [0.3, 0.4) is 0 Å². The molecule has 22 heavy (non-hydrogen) atoms.